The van der Waals surface area contributed by atoms with Gasteiger partial charge in [0.1, 0.15) is 17.9 Å². The summed E-state index contributed by atoms with van der Waals surface area (Å²) >= 11 is 0. The van der Waals surface area contributed by atoms with Crippen molar-refractivity contribution in [1.82, 2.24) is 19.9 Å². The monoisotopic (exact) mass is 280 g/mol. The Hall–Kier alpha value is -2.29. The SMILES string of the molecule is Cc1nn(Cc2nc(C(C)(C)N)no2)c(C)c1[N+](=O)[O-]. The predicted octanol–water partition coefficient (Wildman–Crippen LogP) is 1.03. The summed E-state index contributed by atoms with van der Waals surface area (Å²) in [6.07, 6.45) is 0. The van der Waals surface area contributed by atoms with E-state index in [1.807, 2.05) is 0 Å². The molecule has 108 valence electrons. The van der Waals surface area contributed by atoms with E-state index < -0.39 is 10.5 Å². The van der Waals surface area contributed by atoms with E-state index in [4.69, 9.17) is 10.3 Å². The first kappa shape index (κ1) is 14.1. The minimum atomic E-state index is -0.706. The molecule has 9 heteroatoms. The van der Waals surface area contributed by atoms with Crippen LogP contribution in [0.1, 0.15) is 37.0 Å². The Labute approximate surface area is 114 Å². The molecule has 0 saturated carbocycles. The van der Waals surface area contributed by atoms with Crippen LogP contribution >= 0.6 is 0 Å². The van der Waals surface area contributed by atoms with E-state index in [9.17, 15) is 10.1 Å². The van der Waals surface area contributed by atoms with Gasteiger partial charge in [0.05, 0.1) is 10.5 Å². The molecule has 0 aliphatic rings. The lowest BCUT2D eigenvalue weighted by molar-refractivity contribution is -0.386. The molecule has 9 nitrogen and oxygen atoms in total. The van der Waals surface area contributed by atoms with E-state index in [0.717, 1.165) is 0 Å². The van der Waals surface area contributed by atoms with Crippen molar-refractivity contribution in [3.05, 3.63) is 33.2 Å². The van der Waals surface area contributed by atoms with Gasteiger partial charge in [-0.05, 0) is 27.7 Å². The number of aromatic nitrogens is 4. The molecule has 2 rings (SSSR count). The second-order valence-corrected chi connectivity index (χ2v) is 5.17. The highest BCUT2D eigenvalue weighted by Crippen LogP contribution is 2.22. The summed E-state index contributed by atoms with van der Waals surface area (Å²) in [5, 5.41) is 18.8. The van der Waals surface area contributed by atoms with Gasteiger partial charge in [-0.2, -0.15) is 10.1 Å². The van der Waals surface area contributed by atoms with E-state index in [-0.39, 0.29) is 12.2 Å². The lowest BCUT2D eigenvalue weighted by Crippen LogP contribution is -2.30. The molecule has 2 heterocycles. The molecule has 20 heavy (non-hydrogen) atoms. The van der Waals surface area contributed by atoms with E-state index in [1.165, 1.54) is 4.68 Å². The molecular formula is C11H16N6O3. The fraction of sp³-hybridized carbons (Fsp3) is 0.545. The zero-order valence-electron chi connectivity index (χ0n) is 11.7. The molecule has 2 aromatic heterocycles. The van der Waals surface area contributed by atoms with Crippen LogP contribution in [0.5, 0.6) is 0 Å². The molecule has 2 N–H and O–H groups in total. The molecule has 0 bridgehead atoms. The van der Waals surface area contributed by atoms with Crippen molar-refractivity contribution in [2.24, 2.45) is 5.73 Å². The third-order valence-corrected chi connectivity index (χ3v) is 2.86. The highest BCUT2D eigenvalue weighted by Gasteiger charge is 2.25. The van der Waals surface area contributed by atoms with Crippen LogP contribution in [0.2, 0.25) is 0 Å². The van der Waals surface area contributed by atoms with Gasteiger partial charge in [0, 0.05) is 0 Å². The zero-order valence-corrected chi connectivity index (χ0v) is 11.7. The number of hydrogen-bond donors (Lipinski definition) is 1. The average molecular weight is 280 g/mol. The van der Waals surface area contributed by atoms with Crippen LogP contribution in [0.15, 0.2) is 4.52 Å². The lowest BCUT2D eigenvalue weighted by Gasteiger charge is -2.11. The minimum Gasteiger partial charge on any atom is -0.337 e. The Morgan fingerprint density at radius 2 is 2.10 bits per heavy atom. The summed E-state index contributed by atoms with van der Waals surface area (Å²) in [6, 6.07) is 0. The Bertz CT molecular complexity index is 652. The molecule has 0 aliphatic heterocycles. The maximum atomic E-state index is 10.9. The largest absolute Gasteiger partial charge is 0.337 e. The zero-order chi connectivity index (χ0) is 15.1. The third kappa shape index (κ3) is 2.52. The van der Waals surface area contributed by atoms with Crippen LogP contribution in [-0.4, -0.2) is 24.8 Å². The minimum absolute atomic E-state index is 0.00361. The van der Waals surface area contributed by atoms with Gasteiger partial charge < -0.3 is 10.3 Å². The van der Waals surface area contributed by atoms with Gasteiger partial charge in [0.25, 0.3) is 0 Å². The molecular weight excluding hydrogens is 264 g/mol. The van der Waals surface area contributed by atoms with Crippen LogP contribution < -0.4 is 5.73 Å². The summed E-state index contributed by atoms with van der Waals surface area (Å²) in [4.78, 5) is 14.6. The number of nitro groups is 1. The Morgan fingerprint density at radius 3 is 2.55 bits per heavy atom. The molecule has 0 fully saturated rings. The van der Waals surface area contributed by atoms with E-state index >= 15 is 0 Å². The number of nitrogens with zero attached hydrogens (tertiary/aromatic N) is 5. The summed E-state index contributed by atoms with van der Waals surface area (Å²) in [5.74, 6) is 0.683. The number of rotatable bonds is 4. The molecule has 0 saturated heterocycles. The number of hydrogen-bond acceptors (Lipinski definition) is 7. The standard InChI is InChI=1S/C11H16N6O3/c1-6-9(17(18)19)7(2)16(14-6)5-8-13-10(15-20-8)11(3,4)12/h5,12H2,1-4H3. The Balaban J connectivity index is 2.29. The second-order valence-electron chi connectivity index (χ2n) is 5.17. The van der Waals surface area contributed by atoms with Crippen molar-refractivity contribution in [3.8, 4) is 0 Å². The maximum Gasteiger partial charge on any atom is 0.312 e. The Kier molecular flexibility index (Phi) is 3.30. The van der Waals surface area contributed by atoms with Gasteiger partial charge in [-0.3, -0.25) is 14.8 Å². The highest BCUT2D eigenvalue weighted by molar-refractivity contribution is 5.39. The van der Waals surface area contributed by atoms with Crippen LogP contribution in [0, 0.1) is 24.0 Å². The normalized spacial score (nSPS) is 11.8. The van der Waals surface area contributed by atoms with Crippen molar-refractivity contribution >= 4 is 5.69 Å². The van der Waals surface area contributed by atoms with Crippen molar-refractivity contribution in [1.29, 1.82) is 0 Å². The fourth-order valence-corrected chi connectivity index (χ4v) is 1.81. The van der Waals surface area contributed by atoms with Gasteiger partial charge >= 0.3 is 5.69 Å². The van der Waals surface area contributed by atoms with Crippen LogP contribution in [-0.2, 0) is 12.1 Å². The summed E-state index contributed by atoms with van der Waals surface area (Å²) < 4.78 is 6.55. The maximum absolute atomic E-state index is 10.9. The molecule has 0 aromatic carbocycles. The van der Waals surface area contributed by atoms with Gasteiger partial charge in [-0.25, -0.2) is 0 Å². The van der Waals surface area contributed by atoms with Gasteiger partial charge in [-0.1, -0.05) is 5.16 Å². The summed E-state index contributed by atoms with van der Waals surface area (Å²) in [5.41, 5.74) is 5.96. The van der Waals surface area contributed by atoms with Crippen molar-refractivity contribution in [3.63, 3.8) is 0 Å². The first-order valence-corrected chi connectivity index (χ1v) is 6.00. The lowest BCUT2D eigenvalue weighted by atomic mass is 10.1. The van der Waals surface area contributed by atoms with Crippen LogP contribution in [0.25, 0.3) is 0 Å². The van der Waals surface area contributed by atoms with E-state index in [0.29, 0.717) is 23.1 Å². The van der Waals surface area contributed by atoms with Gasteiger partial charge in [0.2, 0.25) is 5.89 Å². The molecule has 0 amide bonds. The summed E-state index contributed by atoms with van der Waals surface area (Å²) in [6.45, 7) is 6.90. The van der Waals surface area contributed by atoms with E-state index in [1.54, 1.807) is 27.7 Å². The van der Waals surface area contributed by atoms with Crippen LogP contribution in [0.3, 0.4) is 0 Å². The molecule has 0 radical (unpaired) electrons. The quantitative estimate of drug-likeness (QED) is 0.654. The van der Waals surface area contributed by atoms with E-state index in [2.05, 4.69) is 15.2 Å². The topological polar surface area (TPSA) is 126 Å². The molecule has 0 aliphatic carbocycles. The molecule has 0 atom stereocenters. The predicted molar refractivity (Wildman–Crippen MR) is 69.0 cm³/mol. The highest BCUT2D eigenvalue weighted by atomic mass is 16.6. The van der Waals surface area contributed by atoms with Crippen molar-refractivity contribution in [2.75, 3.05) is 0 Å². The summed E-state index contributed by atoms with van der Waals surface area (Å²) in [7, 11) is 0. The average Bonchev–Trinajstić information content (AvgIpc) is 2.84. The van der Waals surface area contributed by atoms with Gasteiger partial charge in [-0.15, -0.1) is 0 Å². The first-order valence-electron chi connectivity index (χ1n) is 6.00. The Morgan fingerprint density at radius 1 is 1.45 bits per heavy atom. The van der Waals surface area contributed by atoms with Gasteiger partial charge in [0.15, 0.2) is 5.82 Å². The first-order chi connectivity index (χ1) is 9.20. The number of aryl methyl sites for hydroxylation is 1. The van der Waals surface area contributed by atoms with Crippen LogP contribution in [0.4, 0.5) is 5.69 Å². The fourth-order valence-electron chi connectivity index (χ4n) is 1.81. The third-order valence-electron chi connectivity index (χ3n) is 2.86. The smallest absolute Gasteiger partial charge is 0.312 e. The van der Waals surface area contributed by atoms with Crippen molar-refractivity contribution in [2.45, 2.75) is 39.8 Å². The van der Waals surface area contributed by atoms with Crippen molar-refractivity contribution < 1.29 is 9.45 Å². The molecule has 0 spiro atoms. The molecule has 2 aromatic rings. The molecule has 0 unspecified atom stereocenters. The number of nitrogens with two attached hydrogens (primary N) is 1. The second kappa shape index (κ2) is 4.67.